The maximum Gasteiger partial charge on any atom is 0.308 e. The Balaban J connectivity index is 1.90. The summed E-state index contributed by atoms with van der Waals surface area (Å²) >= 11 is 1.62. The van der Waals surface area contributed by atoms with Gasteiger partial charge in [0.25, 0.3) is 5.82 Å². The van der Waals surface area contributed by atoms with Gasteiger partial charge in [-0.3, -0.25) is 15.0 Å². The fraction of sp³-hybridized carbons (Fsp3) is 0.412. The number of rotatable bonds is 3. The van der Waals surface area contributed by atoms with Crippen molar-refractivity contribution in [2.45, 2.75) is 38.1 Å². The normalized spacial score (nSPS) is 16.7. The van der Waals surface area contributed by atoms with E-state index in [-0.39, 0.29) is 0 Å². The maximum atomic E-state index is 4.66. The largest absolute Gasteiger partial charge is 0.308 e. The van der Waals surface area contributed by atoms with E-state index in [0.29, 0.717) is 6.04 Å². The lowest BCUT2D eigenvalue weighted by molar-refractivity contribution is 0.364. The minimum Gasteiger partial charge on any atom is -0.261 e. The molecule has 1 aliphatic rings. The molecule has 0 unspecified atom stereocenters. The van der Waals surface area contributed by atoms with Crippen molar-refractivity contribution in [3.8, 4) is 10.7 Å². The first-order valence-corrected chi connectivity index (χ1v) is 9.33. The molecule has 0 N–H and O–H groups in total. The summed E-state index contributed by atoms with van der Waals surface area (Å²) in [5.41, 5.74) is 0.789. The molecule has 1 fully saturated rings. The van der Waals surface area contributed by atoms with Gasteiger partial charge in [-0.25, -0.2) is 4.58 Å². The summed E-state index contributed by atoms with van der Waals surface area (Å²) in [6, 6.07) is 0.423. The molecule has 0 aliphatic heterocycles. The molecule has 7 nitrogen and oxygen atoms in total. The van der Waals surface area contributed by atoms with Crippen molar-refractivity contribution in [3.63, 3.8) is 0 Å². The van der Waals surface area contributed by atoms with Crippen LogP contribution in [0.4, 0.5) is 5.82 Å². The van der Waals surface area contributed by atoms with Crippen LogP contribution in [0.5, 0.6) is 0 Å². The second-order valence-corrected chi connectivity index (χ2v) is 7.09. The molecule has 1 aliphatic carbocycles. The molecule has 3 heterocycles. The Morgan fingerprint density at radius 3 is 2.44 bits per heavy atom. The molecular formula is C17H20N7S+. The van der Waals surface area contributed by atoms with Gasteiger partial charge in [-0.05, 0) is 37.0 Å². The highest BCUT2D eigenvalue weighted by Gasteiger charge is 2.26. The molecule has 1 saturated carbocycles. The molecule has 3 aromatic heterocycles. The van der Waals surface area contributed by atoms with Crippen molar-refractivity contribution < 1.29 is 0 Å². The standard InChI is InChI=1S/C17H20N7S/c1-23-17(25-16(22-23)14-11-18-7-9-20-14)24(13-5-3-2-4-6-13)15-12-19-8-10-21-15/h7-13H,2-6H2,1H3/q+1. The van der Waals surface area contributed by atoms with Crippen LogP contribution >= 0.6 is 11.3 Å². The van der Waals surface area contributed by atoms with Gasteiger partial charge in [0.05, 0.1) is 25.5 Å². The summed E-state index contributed by atoms with van der Waals surface area (Å²) in [6.45, 7) is 0. The molecule has 0 radical (unpaired) electrons. The van der Waals surface area contributed by atoms with Gasteiger partial charge < -0.3 is 0 Å². The summed E-state index contributed by atoms with van der Waals surface area (Å²) < 4.78 is 4.21. The Labute approximate surface area is 149 Å². The Kier molecular flexibility index (Phi) is 4.60. The Morgan fingerprint density at radius 2 is 1.76 bits per heavy atom. The lowest BCUT2D eigenvalue weighted by Crippen LogP contribution is -2.39. The number of nitrogens with zero attached hydrogens (tertiary/aromatic N) is 7. The van der Waals surface area contributed by atoms with Crippen LogP contribution in [0.2, 0.25) is 0 Å². The van der Waals surface area contributed by atoms with Crippen LogP contribution in [0.1, 0.15) is 32.1 Å². The topological polar surface area (TPSA) is 72.4 Å². The Bertz CT molecular complexity index is 896. The van der Waals surface area contributed by atoms with E-state index < -0.39 is 0 Å². The summed E-state index contributed by atoms with van der Waals surface area (Å²) in [4.78, 5) is 18.4. The molecule has 0 bridgehead atoms. The molecule has 128 valence electrons. The van der Waals surface area contributed by atoms with Crippen molar-refractivity contribution in [3.05, 3.63) is 42.0 Å². The third-order valence-corrected chi connectivity index (χ3v) is 5.56. The minimum atomic E-state index is 0.423. The lowest BCUT2D eigenvalue weighted by Gasteiger charge is -2.22. The molecular weight excluding hydrogens is 334 g/mol. The SMILES string of the molecule is Cn1nc(-c2cnccn2)sc1=[N+](c1cnccn1)C1CCCCC1. The van der Waals surface area contributed by atoms with Crippen molar-refractivity contribution in [2.75, 3.05) is 0 Å². The van der Waals surface area contributed by atoms with E-state index in [9.17, 15) is 0 Å². The zero-order valence-electron chi connectivity index (χ0n) is 14.1. The fourth-order valence-corrected chi connectivity index (χ4v) is 4.33. The molecule has 8 heteroatoms. The predicted molar refractivity (Wildman–Crippen MR) is 95.9 cm³/mol. The lowest BCUT2D eigenvalue weighted by atomic mass is 9.95. The molecule has 0 atom stereocenters. The first-order valence-electron chi connectivity index (χ1n) is 8.52. The van der Waals surface area contributed by atoms with Crippen LogP contribution in [0, 0.1) is 0 Å². The molecule has 0 amide bonds. The smallest absolute Gasteiger partial charge is 0.261 e. The van der Waals surface area contributed by atoms with Gasteiger partial charge in [0.1, 0.15) is 18.1 Å². The van der Waals surface area contributed by atoms with Crippen LogP contribution in [0.3, 0.4) is 0 Å². The highest BCUT2D eigenvalue weighted by atomic mass is 32.1. The number of aromatic nitrogens is 6. The van der Waals surface area contributed by atoms with Crippen LogP contribution in [-0.4, -0.2) is 35.8 Å². The molecule has 0 spiro atoms. The van der Waals surface area contributed by atoms with Gasteiger partial charge in [0.15, 0.2) is 5.01 Å². The van der Waals surface area contributed by atoms with Gasteiger partial charge in [0, 0.05) is 12.4 Å². The Morgan fingerprint density at radius 1 is 1.00 bits per heavy atom. The maximum absolute atomic E-state index is 4.66. The average molecular weight is 354 g/mol. The third-order valence-electron chi connectivity index (χ3n) is 4.43. The zero-order valence-corrected chi connectivity index (χ0v) is 14.9. The summed E-state index contributed by atoms with van der Waals surface area (Å²) in [6.07, 6.45) is 16.5. The number of aryl methyl sites for hydroxylation is 1. The first-order chi connectivity index (χ1) is 12.3. The highest BCUT2D eigenvalue weighted by molar-refractivity contribution is 7.12. The minimum absolute atomic E-state index is 0.423. The van der Waals surface area contributed by atoms with E-state index in [2.05, 4.69) is 29.6 Å². The first kappa shape index (κ1) is 16.0. The summed E-state index contributed by atoms with van der Waals surface area (Å²) in [5, 5.41) is 5.52. The van der Waals surface area contributed by atoms with E-state index in [1.807, 2.05) is 17.9 Å². The van der Waals surface area contributed by atoms with E-state index in [1.54, 1.807) is 42.3 Å². The van der Waals surface area contributed by atoms with Crippen molar-refractivity contribution >= 4 is 17.2 Å². The van der Waals surface area contributed by atoms with Gasteiger partial charge in [-0.15, -0.1) is 4.98 Å². The second-order valence-electron chi connectivity index (χ2n) is 6.13. The van der Waals surface area contributed by atoms with Crippen LogP contribution < -0.4 is 9.38 Å². The quantitative estimate of drug-likeness (QED) is 0.674. The molecule has 25 heavy (non-hydrogen) atoms. The van der Waals surface area contributed by atoms with Crippen LogP contribution in [-0.2, 0) is 7.05 Å². The molecule has 0 aromatic carbocycles. The van der Waals surface area contributed by atoms with Crippen molar-refractivity contribution in [2.24, 2.45) is 7.05 Å². The number of hydrogen-bond acceptors (Lipinski definition) is 6. The number of hydrogen-bond donors (Lipinski definition) is 0. The van der Waals surface area contributed by atoms with Crippen LogP contribution in [0.25, 0.3) is 10.7 Å². The molecule has 0 saturated heterocycles. The third kappa shape index (κ3) is 3.34. The van der Waals surface area contributed by atoms with Gasteiger partial charge in [0.2, 0.25) is 0 Å². The van der Waals surface area contributed by atoms with Gasteiger partial charge in [-0.1, -0.05) is 11.5 Å². The summed E-state index contributed by atoms with van der Waals surface area (Å²) in [7, 11) is 1.97. The second kappa shape index (κ2) is 7.18. The monoisotopic (exact) mass is 354 g/mol. The predicted octanol–water partition coefficient (Wildman–Crippen LogP) is 2.17. The van der Waals surface area contributed by atoms with Crippen molar-refractivity contribution in [1.82, 2.24) is 34.3 Å². The Hall–Kier alpha value is -2.48. The van der Waals surface area contributed by atoms with E-state index in [0.717, 1.165) is 34.2 Å². The zero-order chi connectivity index (χ0) is 17.1. The molecule has 4 rings (SSSR count). The van der Waals surface area contributed by atoms with Gasteiger partial charge in [-0.2, -0.15) is 4.68 Å². The molecule has 3 aromatic rings. The van der Waals surface area contributed by atoms with Crippen LogP contribution in [0.15, 0.2) is 37.2 Å². The van der Waals surface area contributed by atoms with Gasteiger partial charge >= 0.3 is 4.80 Å². The van der Waals surface area contributed by atoms with Crippen molar-refractivity contribution in [1.29, 1.82) is 0 Å². The van der Waals surface area contributed by atoms with E-state index in [1.165, 1.54) is 19.3 Å². The average Bonchev–Trinajstić information content (AvgIpc) is 3.06. The summed E-state index contributed by atoms with van der Waals surface area (Å²) in [5.74, 6) is 0.874. The van der Waals surface area contributed by atoms with E-state index >= 15 is 0 Å². The highest BCUT2D eigenvalue weighted by Crippen LogP contribution is 2.23. The fourth-order valence-electron chi connectivity index (χ4n) is 3.27. The van der Waals surface area contributed by atoms with E-state index in [4.69, 9.17) is 0 Å².